The van der Waals surface area contributed by atoms with Crippen molar-refractivity contribution in [1.29, 1.82) is 0 Å². The Kier molecular flexibility index (Phi) is 4.69. The lowest BCUT2D eigenvalue weighted by Crippen LogP contribution is -2.13. The highest BCUT2D eigenvalue weighted by molar-refractivity contribution is 7.16. The maximum absolute atomic E-state index is 13.6. The summed E-state index contributed by atoms with van der Waals surface area (Å²) in [5.41, 5.74) is -0.118. The molecule has 0 bridgehead atoms. The van der Waals surface area contributed by atoms with E-state index in [1.807, 2.05) is 0 Å². The van der Waals surface area contributed by atoms with Gasteiger partial charge in [0.05, 0.1) is 16.6 Å². The second-order valence-electron chi connectivity index (χ2n) is 3.57. The number of carbonyl (C=O) groups excluding carboxylic acids is 1. The van der Waals surface area contributed by atoms with E-state index < -0.39 is 11.7 Å². The van der Waals surface area contributed by atoms with E-state index in [0.717, 1.165) is 17.4 Å². The molecule has 2 N–H and O–H groups in total. The molecule has 1 amide bonds. The third kappa shape index (κ3) is 3.54. The van der Waals surface area contributed by atoms with Crippen molar-refractivity contribution in [3.63, 3.8) is 0 Å². The highest BCUT2D eigenvalue weighted by Gasteiger charge is 2.13. The topological polar surface area (TPSA) is 62.2 Å². The van der Waals surface area contributed by atoms with Crippen LogP contribution in [0.1, 0.15) is 15.2 Å². The van der Waals surface area contributed by atoms with Gasteiger partial charge >= 0.3 is 0 Å². The second kappa shape index (κ2) is 6.48. The average molecular weight is 311 g/mol. The van der Waals surface area contributed by atoms with Gasteiger partial charge in [0.2, 0.25) is 0 Å². The molecule has 0 fully saturated rings. The van der Waals surface area contributed by atoms with E-state index in [9.17, 15) is 9.18 Å². The molecular weight excluding hydrogens is 303 g/mol. The summed E-state index contributed by atoms with van der Waals surface area (Å²) in [6.07, 6.45) is 1.46. The lowest BCUT2D eigenvalue weighted by molar-refractivity contribution is 0.102. The maximum atomic E-state index is 13.6. The fraction of sp³-hybridized carbons (Fsp3) is 0.0769. The van der Waals surface area contributed by atoms with E-state index in [4.69, 9.17) is 16.7 Å². The number of nitrogens with one attached hydrogen (secondary N) is 1. The molecule has 0 saturated carbocycles. The van der Waals surface area contributed by atoms with Gasteiger partial charge < -0.3 is 5.11 Å². The number of aliphatic hydroxyl groups excluding tert-OH is 1. The number of anilines is 1. The van der Waals surface area contributed by atoms with E-state index in [1.165, 1.54) is 18.3 Å². The third-order valence-corrected chi connectivity index (χ3v) is 3.26. The van der Waals surface area contributed by atoms with E-state index >= 15 is 0 Å². The van der Waals surface area contributed by atoms with Crippen LogP contribution in [0.25, 0.3) is 0 Å². The molecule has 1 aromatic carbocycles. The Bertz CT molecular complexity index is 706. The normalized spacial score (nSPS) is 9.75. The fourth-order valence-corrected chi connectivity index (χ4v) is 2.20. The molecule has 1 heterocycles. The SMILES string of the molecule is O=C(Nc1ncc(C#CCO)s1)c1ccc(Cl)cc1F. The lowest BCUT2D eigenvalue weighted by Gasteiger charge is -2.03. The van der Waals surface area contributed by atoms with Gasteiger partial charge in [0.1, 0.15) is 12.4 Å². The van der Waals surface area contributed by atoms with Gasteiger partial charge in [-0.05, 0) is 18.2 Å². The first kappa shape index (κ1) is 14.5. The molecule has 0 aliphatic rings. The lowest BCUT2D eigenvalue weighted by atomic mass is 10.2. The third-order valence-electron chi connectivity index (χ3n) is 2.19. The van der Waals surface area contributed by atoms with E-state index in [2.05, 4.69) is 22.1 Å². The van der Waals surface area contributed by atoms with Gasteiger partial charge in [0.15, 0.2) is 5.13 Å². The summed E-state index contributed by atoms with van der Waals surface area (Å²) in [7, 11) is 0. The Labute approximate surface area is 123 Å². The van der Waals surface area contributed by atoms with Crippen molar-refractivity contribution in [2.45, 2.75) is 0 Å². The van der Waals surface area contributed by atoms with Gasteiger partial charge in [0, 0.05) is 5.02 Å². The number of carbonyl (C=O) groups is 1. The Morgan fingerprint density at radius 2 is 2.35 bits per heavy atom. The Morgan fingerprint density at radius 1 is 1.55 bits per heavy atom. The van der Waals surface area contributed by atoms with Crippen LogP contribution < -0.4 is 5.32 Å². The van der Waals surface area contributed by atoms with Crippen molar-refractivity contribution in [1.82, 2.24) is 4.98 Å². The smallest absolute Gasteiger partial charge is 0.260 e. The molecule has 0 aliphatic carbocycles. The summed E-state index contributed by atoms with van der Waals surface area (Å²) >= 11 is 6.74. The molecule has 1 aromatic heterocycles. The Morgan fingerprint density at radius 3 is 3.05 bits per heavy atom. The standard InChI is InChI=1S/C13H8ClFN2O2S/c14-8-3-4-10(11(15)6-8)12(19)17-13-16-7-9(20-13)2-1-5-18/h3-4,6-7,18H,5H2,(H,16,17,19). The zero-order valence-electron chi connectivity index (χ0n) is 9.98. The van der Waals surface area contributed by atoms with Gasteiger partial charge in [-0.3, -0.25) is 10.1 Å². The van der Waals surface area contributed by atoms with Gasteiger partial charge in [-0.15, -0.1) is 0 Å². The number of halogens is 2. The van der Waals surface area contributed by atoms with Crippen molar-refractivity contribution < 1.29 is 14.3 Å². The molecule has 0 atom stereocenters. The van der Waals surface area contributed by atoms with Crippen molar-refractivity contribution in [2.24, 2.45) is 0 Å². The molecule has 0 saturated heterocycles. The van der Waals surface area contributed by atoms with Crippen LogP contribution in [-0.4, -0.2) is 22.6 Å². The first-order valence-corrected chi connectivity index (χ1v) is 6.61. The molecule has 7 heteroatoms. The molecule has 4 nitrogen and oxygen atoms in total. The second-order valence-corrected chi connectivity index (χ2v) is 5.03. The van der Waals surface area contributed by atoms with Crippen LogP contribution in [0, 0.1) is 17.7 Å². The van der Waals surface area contributed by atoms with Gasteiger partial charge in [-0.2, -0.15) is 0 Å². The van der Waals surface area contributed by atoms with Crippen molar-refractivity contribution >= 4 is 34.0 Å². The molecule has 20 heavy (non-hydrogen) atoms. The molecule has 0 radical (unpaired) electrons. The quantitative estimate of drug-likeness (QED) is 0.838. The van der Waals surface area contributed by atoms with Crippen LogP contribution in [0.2, 0.25) is 5.02 Å². The minimum atomic E-state index is -0.702. The maximum Gasteiger partial charge on any atom is 0.260 e. The van der Waals surface area contributed by atoms with Gasteiger partial charge in [0.25, 0.3) is 5.91 Å². The van der Waals surface area contributed by atoms with Gasteiger partial charge in [-0.1, -0.05) is 34.8 Å². The highest BCUT2D eigenvalue weighted by Crippen LogP contribution is 2.20. The summed E-state index contributed by atoms with van der Waals surface area (Å²) in [5, 5.41) is 11.6. The van der Waals surface area contributed by atoms with Gasteiger partial charge in [-0.25, -0.2) is 9.37 Å². The highest BCUT2D eigenvalue weighted by atomic mass is 35.5. The molecule has 0 spiro atoms. The summed E-state index contributed by atoms with van der Waals surface area (Å²) in [6, 6.07) is 3.79. The summed E-state index contributed by atoms with van der Waals surface area (Å²) in [5.74, 6) is 3.81. The number of amides is 1. The Hall–Kier alpha value is -1.94. The number of hydrogen-bond donors (Lipinski definition) is 2. The minimum Gasteiger partial charge on any atom is -0.384 e. The average Bonchev–Trinajstić information content (AvgIpc) is 2.83. The first-order valence-electron chi connectivity index (χ1n) is 5.42. The predicted octanol–water partition coefficient (Wildman–Crippen LogP) is 2.53. The summed E-state index contributed by atoms with van der Waals surface area (Å²) in [6.45, 7) is -0.254. The number of aromatic nitrogens is 1. The zero-order chi connectivity index (χ0) is 14.5. The fourth-order valence-electron chi connectivity index (χ4n) is 1.35. The van der Waals surface area contributed by atoms with Crippen molar-refractivity contribution in [3.8, 4) is 11.8 Å². The molecule has 102 valence electrons. The van der Waals surface area contributed by atoms with Crippen molar-refractivity contribution in [3.05, 3.63) is 45.7 Å². The van der Waals surface area contributed by atoms with Crippen LogP contribution in [0.3, 0.4) is 0 Å². The molecule has 2 aromatic rings. The summed E-state index contributed by atoms with van der Waals surface area (Å²) in [4.78, 5) is 16.4. The molecule has 2 rings (SSSR count). The molecule has 0 aliphatic heterocycles. The van der Waals surface area contributed by atoms with Crippen LogP contribution >= 0.6 is 22.9 Å². The van der Waals surface area contributed by atoms with Crippen LogP contribution in [0.15, 0.2) is 24.4 Å². The van der Waals surface area contributed by atoms with Crippen LogP contribution in [-0.2, 0) is 0 Å². The minimum absolute atomic E-state index is 0.118. The largest absolute Gasteiger partial charge is 0.384 e. The van der Waals surface area contributed by atoms with E-state index in [-0.39, 0.29) is 17.2 Å². The number of aliphatic hydroxyl groups is 1. The Balaban J connectivity index is 2.13. The van der Waals surface area contributed by atoms with Crippen LogP contribution in [0.5, 0.6) is 0 Å². The van der Waals surface area contributed by atoms with E-state index in [0.29, 0.717) is 10.0 Å². The van der Waals surface area contributed by atoms with Crippen LogP contribution in [0.4, 0.5) is 9.52 Å². The number of rotatable bonds is 2. The number of thiazole rings is 1. The van der Waals surface area contributed by atoms with Crippen molar-refractivity contribution in [2.75, 3.05) is 11.9 Å². The predicted molar refractivity (Wildman–Crippen MR) is 75.4 cm³/mol. The summed E-state index contributed by atoms with van der Waals surface area (Å²) < 4.78 is 13.6. The number of hydrogen-bond acceptors (Lipinski definition) is 4. The monoisotopic (exact) mass is 310 g/mol. The number of nitrogens with zero attached hydrogens (tertiary/aromatic N) is 1. The van der Waals surface area contributed by atoms with E-state index in [1.54, 1.807) is 0 Å². The molecular formula is C13H8ClFN2O2S. The zero-order valence-corrected chi connectivity index (χ0v) is 11.6. The number of benzene rings is 1. The first-order chi connectivity index (χ1) is 9.60. The molecule has 0 unspecified atom stereocenters.